The van der Waals surface area contributed by atoms with Crippen LogP contribution in [0.15, 0.2) is 0 Å². The number of ether oxygens (including phenoxy) is 1. The van der Waals surface area contributed by atoms with Crippen molar-refractivity contribution < 1.29 is 9.53 Å². The fourth-order valence-electron chi connectivity index (χ4n) is 2.55. The van der Waals surface area contributed by atoms with E-state index in [2.05, 4.69) is 6.92 Å². The first kappa shape index (κ1) is 13.5. The molecule has 1 saturated carbocycles. The van der Waals surface area contributed by atoms with Gasteiger partial charge in [0.1, 0.15) is 0 Å². The minimum absolute atomic E-state index is 0.0280. The summed E-state index contributed by atoms with van der Waals surface area (Å²) >= 11 is 0. The summed E-state index contributed by atoms with van der Waals surface area (Å²) in [5, 5.41) is 0. The molecule has 0 saturated heterocycles. The average Bonchev–Trinajstić information content (AvgIpc) is 2.27. The van der Waals surface area contributed by atoms with Gasteiger partial charge in [-0.15, -0.1) is 0 Å². The predicted molar refractivity (Wildman–Crippen MR) is 66.2 cm³/mol. The van der Waals surface area contributed by atoms with E-state index in [1.165, 1.54) is 38.5 Å². The summed E-state index contributed by atoms with van der Waals surface area (Å²) in [6.07, 6.45) is 9.73. The van der Waals surface area contributed by atoms with Crippen molar-refractivity contribution in [2.75, 3.05) is 6.61 Å². The Hall–Kier alpha value is -0.530. The molecule has 94 valence electrons. The molecule has 0 bridgehead atoms. The van der Waals surface area contributed by atoms with Crippen LogP contribution >= 0.6 is 0 Å². The highest BCUT2D eigenvalue weighted by atomic mass is 16.5. The fraction of sp³-hybridized carbons (Fsp3) is 0.929. The van der Waals surface area contributed by atoms with E-state index >= 15 is 0 Å². The molecule has 16 heavy (non-hydrogen) atoms. The Labute approximate surface area is 99.8 Å². The molecule has 2 nitrogen and oxygen atoms in total. The Balaban J connectivity index is 1.97. The fourth-order valence-corrected chi connectivity index (χ4v) is 2.55. The van der Waals surface area contributed by atoms with Crippen molar-refractivity contribution in [1.82, 2.24) is 0 Å². The Bertz CT molecular complexity index is 193. The molecule has 1 aliphatic carbocycles. The summed E-state index contributed by atoms with van der Waals surface area (Å²) < 4.78 is 4.91. The van der Waals surface area contributed by atoms with Crippen LogP contribution in [-0.2, 0) is 9.53 Å². The number of hydrogen-bond acceptors (Lipinski definition) is 2. The summed E-state index contributed by atoms with van der Waals surface area (Å²) in [5.74, 6) is 1.84. The van der Waals surface area contributed by atoms with Crippen LogP contribution in [0.4, 0.5) is 0 Å². The number of hydrogen-bond donors (Lipinski definition) is 0. The standard InChI is InChI=1S/C14H26O2/c1-3-16-14(15)7-5-4-6-13-10-8-12(2)9-11-13/h12-13H,3-11H2,1-2H3. The van der Waals surface area contributed by atoms with Gasteiger partial charge in [0.2, 0.25) is 0 Å². The van der Waals surface area contributed by atoms with Gasteiger partial charge in [0, 0.05) is 6.42 Å². The van der Waals surface area contributed by atoms with Crippen LogP contribution in [0.25, 0.3) is 0 Å². The minimum atomic E-state index is -0.0280. The van der Waals surface area contributed by atoms with Gasteiger partial charge < -0.3 is 4.74 Å². The lowest BCUT2D eigenvalue weighted by atomic mass is 9.80. The molecule has 0 aromatic rings. The number of carbonyl (C=O) groups excluding carboxylic acids is 1. The van der Waals surface area contributed by atoms with Crippen LogP contribution in [0.2, 0.25) is 0 Å². The van der Waals surface area contributed by atoms with Crippen LogP contribution in [0.1, 0.15) is 65.2 Å². The zero-order valence-corrected chi connectivity index (χ0v) is 10.8. The highest BCUT2D eigenvalue weighted by Gasteiger charge is 2.17. The number of carbonyl (C=O) groups is 1. The lowest BCUT2D eigenvalue weighted by molar-refractivity contribution is -0.143. The maximum atomic E-state index is 11.1. The molecule has 0 atom stereocenters. The van der Waals surface area contributed by atoms with E-state index < -0.39 is 0 Å². The SMILES string of the molecule is CCOC(=O)CCCCC1CCC(C)CC1. The molecular weight excluding hydrogens is 200 g/mol. The molecule has 1 rings (SSSR count). The van der Waals surface area contributed by atoms with Crippen molar-refractivity contribution in [3.8, 4) is 0 Å². The van der Waals surface area contributed by atoms with Crippen LogP contribution in [-0.4, -0.2) is 12.6 Å². The Morgan fingerprint density at radius 2 is 1.88 bits per heavy atom. The Morgan fingerprint density at radius 1 is 1.19 bits per heavy atom. The third-order valence-electron chi connectivity index (χ3n) is 3.68. The van der Waals surface area contributed by atoms with Gasteiger partial charge in [0.05, 0.1) is 6.61 Å². The highest BCUT2D eigenvalue weighted by molar-refractivity contribution is 5.69. The molecule has 0 radical (unpaired) electrons. The van der Waals surface area contributed by atoms with Gasteiger partial charge in [-0.05, 0) is 25.2 Å². The first-order chi connectivity index (χ1) is 7.72. The third-order valence-corrected chi connectivity index (χ3v) is 3.68. The second-order valence-corrected chi connectivity index (χ2v) is 5.18. The van der Waals surface area contributed by atoms with Gasteiger partial charge in [-0.3, -0.25) is 4.79 Å². The van der Waals surface area contributed by atoms with E-state index in [4.69, 9.17) is 4.74 Å². The molecule has 0 spiro atoms. The van der Waals surface area contributed by atoms with Crippen molar-refractivity contribution in [3.05, 3.63) is 0 Å². The van der Waals surface area contributed by atoms with Crippen molar-refractivity contribution in [2.45, 2.75) is 65.2 Å². The van der Waals surface area contributed by atoms with E-state index in [-0.39, 0.29) is 5.97 Å². The quantitative estimate of drug-likeness (QED) is 0.506. The van der Waals surface area contributed by atoms with Crippen molar-refractivity contribution in [2.24, 2.45) is 11.8 Å². The zero-order valence-electron chi connectivity index (χ0n) is 10.8. The van der Waals surface area contributed by atoms with Crippen LogP contribution in [0.3, 0.4) is 0 Å². The van der Waals surface area contributed by atoms with E-state index in [9.17, 15) is 4.79 Å². The normalized spacial score (nSPS) is 25.4. The highest BCUT2D eigenvalue weighted by Crippen LogP contribution is 2.31. The van der Waals surface area contributed by atoms with Crippen molar-refractivity contribution >= 4 is 5.97 Å². The first-order valence-electron chi connectivity index (χ1n) is 6.88. The van der Waals surface area contributed by atoms with Crippen molar-refractivity contribution in [3.63, 3.8) is 0 Å². The smallest absolute Gasteiger partial charge is 0.305 e. The second kappa shape index (κ2) is 7.70. The third kappa shape index (κ3) is 5.53. The van der Waals surface area contributed by atoms with Gasteiger partial charge in [0.15, 0.2) is 0 Å². The Kier molecular flexibility index (Phi) is 6.51. The summed E-state index contributed by atoms with van der Waals surface area (Å²) in [6, 6.07) is 0. The zero-order chi connectivity index (χ0) is 11.8. The maximum absolute atomic E-state index is 11.1. The predicted octanol–water partition coefficient (Wildman–Crippen LogP) is 3.94. The van der Waals surface area contributed by atoms with E-state index in [1.807, 2.05) is 6.92 Å². The lowest BCUT2D eigenvalue weighted by Gasteiger charge is -2.25. The molecule has 1 fully saturated rings. The van der Waals surface area contributed by atoms with Crippen molar-refractivity contribution in [1.29, 1.82) is 0 Å². The van der Waals surface area contributed by atoms with Gasteiger partial charge in [0.25, 0.3) is 0 Å². The van der Waals surface area contributed by atoms with E-state index in [0.29, 0.717) is 13.0 Å². The minimum Gasteiger partial charge on any atom is -0.466 e. The van der Waals surface area contributed by atoms with Gasteiger partial charge in [-0.2, -0.15) is 0 Å². The van der Waals surface area contributed by atoms with Crippen LogP contribution < -0.4 is 0 Å². The topological polar surface area (TPSA) is 26.3 Å². The molecule has 0 aromatic heterocycles. The molecule has 0 aliphatic heterocycles. The number of rotatable bonds is 6. The average molecular weight is 226 g/mol. The molecule has 0 amide bonds. The maximum Gasteiger partial charge on any atom is 0.305 e. The molecule has 0 N–H and O–H groups in total. The molecule has 1 aliphatic rings. The molecule has 2 heteroatoms. The lowest BCUT2D eigenvalue weighted by Crippen LogP contribution is -2.12. The number of esters is 1. The summed E-state index contributed by atoms with van der Waals surface area (Å²) in [6.45, 7) is 4.73. The van der Waals surface area contributed by atoms with Gasteiger partial charge in [-0.25, -0.2) is 0 Å². The van der Waals surface area contributed by atoms with E-state index in [0.717, 1.165) is 18.3 Å². The van der Waals surface area contributed by atoms with Gasteiger partial charge in [-0.1, -0.05) is 45.4 Å². The largest absolute Gasteiger partial charge is 0.466 e. The molecule has 0 heterocycles. The monoisotopic (exact) mass is 226 g/mol. The summed E-state index contributed by atoms with van der Waals surface area (Å²) in [5.41, 5.74) is 0. The first-order valence-corrected chi connectivity index (χ1v) is 6.88. The summed E-state index contributed by atoms with van der Waals surface area (Å²) in [4.78, 5) is 11.1. The molecule has 0 unspecified atom stereocenters. The molecular formula is C14H26O2. The molecule has 0 aromatic carbocycles. The Morgan fingerprint density at radius 3 is 2.50 bits per heavy atom. The van der Waals surface area contributed by atoms with E-state index in [1.54, 1.807) is 0 Å². The van der Waals surface area contributed by atoms with Crippen LogP contribution in [0.5, 0.6) is 0 Å². The van der Waals surface area contributed by atoms with Crippen LogP contribution in [0, 0.1) is 11.8 Å². The van der Waals surface area contributed by atoms with Gasteiger partial charge >= 0.3 is 5.97 Å². The number of unbranched alkanes of at least 4 members (excludes halogenated alkanes) is 1. The summed E-state index contributed by atoms with van der Waals surface area (Å²) in [7, 11) is 0. The second-order valence-electron chi connectivity index (χ2n) is 5.18.